The average Bonchev–Trinajstić information content (AvgIpc) is 3.24. The molecule has 0 aliphatic carbocycles. The van der Waals surface area contributed by atoms with Gasteiger partial charge in [0, 0.05) is 11.5 Å². The first-order valence-electron chi connectivity index (χ1n) is 7.53. The molecule has 0 N–H and O–H groups in total. The van der Waals surface area contributed by atoms with E-state index in [1.165, 1.54) is 11.0 Å². The fourth-order valence-corrected chi connectivity index (χ4v) is 2.74. The van der Waals surface area contributed by atoms with Crippen molar-refractivity contribution >= 4 is 5.97 Å². The van der Waals surface area contributed by atoms with Crippen LogP contribution in [-0.4, -0.2) is 32.3 Å². The van der Waals surface area contributed by atoms with E-state index in [1.54, 1.807) is 24.3 Å². The second-order valence-corrected chi connectivity index (χ2v) is 5.53. The van der Waals surface area contributed by atoms with E-state index in [0.717, 1.165) is 17.0 Å². The Labute approximate surface area is 137 Å². The largest absolute Gasteiger partial charge is 0.478 e. The normalized spacial score (nSPS) is 18.7. The highest BCUT2D eigenvalue weighted by Gasteiger charge is 2.37. The SMILES string of the molecule is CC1c2ccccc2OC1C(=O)Oc1ccc(-n2cnnn2)cc1. The lowest BCUT2D eigenvalue weighted by molar-refractivity contribution is -0.142. The zero-order valence-electron chi connectivity index (χ0n) is 12.9. The third kappa shape index (κ3) is 2.50. The van der Waals surface area contributed by atoms with E-state index in [-0.39, 0.29) is 5.92 Å². The summed E-state index contributed by atoms with van der Waals surface area (Å²) in [6.07, 6.45) is 0.855. The number of ether oxygens (including phenoxy) is 2. The van der Waals surface area contributed by atoms with Gasteiger partial charge in [-0.15, -0.1) is 5.10 Å². The van der Waals surface area contributed by atoms with E-state index in [9.17, 15) is 4.79 Å². The summed E-state index contributed by atoms with van der Waals surface area (Å²) in [6, 6.07) is 14.6. The number of carbonyl (C=O) groups is 1. The summed E-state index contributed by atoms with van der Waals surface area (Å²) in [5, 5.41) is 11.0. The maximum atomic E-state index is 12.4. The number of benzene rings is 2. The van der Waals surface area contributed by atoms with Crippen LogP contribution in [0.15, 0.2) is 54.9 Å². The monoisotopic (exact) mass is 322 g/mol. The van der Waals surface area contributed by atoms with Crippen LogP contribution in [0.4, 0.5) is 0 Å². The van der Waals surface area contributed by atoms with Gasteiger partial charge >= 0.3 is 5.97 Å². The molecule has 7 heteroatoms. The number of rotatable bonds is 3. The van der Waals surface area contributed by atoms with Gasteiger partial charge in [0.2, 0.25) is 6.10 Å². The summed E-state index contributed by atoms with van der Waals surface area (Å²) in [7, 11) is 0. The highest BCUT2D eigenvalue weighted by molar-refractivity contribution is 5.80. The van der Waals surface area contributed by atoms with Gasteiger partial charge in [0.15, 0.2) is 0 Å². The lowest BCUT2D eigenvalue weighted by Crippen LogP contribution is -2.32. The molecule has 2 heterocycles. The van der Waals surface area contributed by atoms with Crippen molar-refractivity contribution < 1.29 is 14.3 Å². The van der Waals surface area contributed by atoms with Crippen molar-refractivity contribution in [1.82, 2.24) is 20.2 Å². The van der Waals surface area contributed by atoms with Crippen molar-refractivity contribution in [3.05, 3.63) is 60.4 Å². The molecule has 120 valence electrons. The van der Waals surface area contributed by atoms with E-state index in [2.05, 4.69) is 15.5 Å². The molecule has 2 unspecified atom stereocenters. The lowest BCUT2D eigenvalue weighted by atomic mass is 9.98. The molecule has 0 fully saturated rings. The number of tetrazole rings is 1. The maximum Gasteiger partial charge on any atom is 0.353 e. The topological polar surface area (TPSA) is 79.1 Å². The van der Waals surface area contributed by atoms with Crippen LogP contribution in [0.2, 0.25) is 0 Å². The van der Waals surface area contributed by atoms with E-state index >= 15 is 0 Å². The van der Waals surface area contributed by atoms with Gasteiger partial charge in [-0.3, -0.25) is 0 Å². The number of hydrogen-bond acceptors (Lipinski definition) is 6. The van der Waals surface area contributed by atoms with Gasteiger partial charge in [0.1, 0.15) is 17.8 Å². The molecule has 24 heavy (non-hydrogen) atoms. The van der Waals surface area contributed by atoms with Crippen molar-refractivity contribution in [1.29, 1.82) is 0 Å². The molecule has 4 rings (SSSR count). The van der Waals surface area contributed by atoms with E-state index in [4.69, 9.17) is 9.47 Å². The minimum Gasteiger partial charge on any atom is -0.478 e. The van der Waals surface area contributed by atoms with Gasteiger partial charge in [0.25, 0.3) is 0 Å². The number of nitrogens with zero attached hydrogens (tertiary/aromatic N) is 4. The molecular weight excluding hydrogens is 308 g/mol. The van der Waals surface area contributed by atoms with Crippen LogP contribution in [0.3, 0.4) is 0 Å². The Morgan fingerprint density at radius 3 is 2.67 bits per heavy atom. The molecule has 7 nitrogen and oxygen atoms in total. The van der Waals surface area contributed by atoms with Crippen LogP contribution in [0.1, 0.15) is 18.4 Å². The predicted octanol–water partition coefficient (Wildman–Crippen LogP) is 2.13. The lowest BCUT2D eigenvalue weighted by Gasteiger charge is -2.14. The molecule has 2 atom stereocenters. The van der Waals surface area contributed by atoms with Gasteiger partial charge in [-0.2, -0.15) is 0 Å². The van der Waals surface area contributed by atoms with Crippen LogP contribution < -0.4 is 9.47 Å². The smallest absolute Gasteiger partial charge is 0.353 e. The Kier molecular flexibility index (Phi) is 3.45. The second kappa shape index (κ2) is 5.77. The predicted molar refractivity (Wildman–Crippen MR) is 84.1 cm³/mol. The van der Waals surface area contributed by atoms with Gasteiger partial charge in [0.05, 0.1) is 5.69 Å². The number of carbonyl (C=O) groups excluding carboxylic acids is 1. The van der Waals surface area contributed by atoms with Crippen LogP contribution in [0, 0.1) is 0 Å². The fourth-order valence-electron chi connectivity index (χ4n) is 2.74. The quantitative estimate of drug-likeness (QED) is 0.543. The zero-order chi connectivity index (χ0) is 16.5. The maximum absolute atomic E-state index is 12.4. The molecule has 3 aromatic rings. The Balaban J connectivity index is 1.47. The molecule has 0 bridgehead atoms. The first kappa shape index (κ1) is 14.4. The molecule has 0 saturated carbocycles. The van der Waals surface area contributed by atoms with Crippen molar-refractivity contribution in [3.63, 3.8) is 0 Å². The van der Waals surface area contributed by atoms with Gasteiger partial charge < -0.3 is 9.47 Å². The first-order chi connectivity index (χ1) is 11.7. The van der Waals surface area contributed by atoms with E-state index < -0.39 is 12.1 Å². The molecule has 0 amide bonds. The van der Waals surface area contributed by atoms with Crippen molar-refractivity contribution in [3.8, 4) is 17.2 Å². The zero-order valence-corrected chi connectivity index (χ0v) is 12.9. The highest BCUT2D eigenvalue weighted by Crippen LogP contribution is 2.38. The summed E-state index contributed by atoms with van der Waals surface area (Å²) in [6.45, 7) is 1.96. The van der Waals surface area contributed by atoms with Crippen LogP contribution in [0.25, 0.3) is 5.69 Å². The van der Waals surface area contributed by atoms with Gasteiger partial charge in [-0.1, -0.05) is 25.1 Å². The van der Waals surface area contributed by atoms with Crippen molar-refractivity contribution in [2.24, 2.45) is 0 Å². The molecular formula is C17H14N4O3. The molecule has 1 aromatic heterocycles. The summed E-state index contributed by atoms with van der Waals surface area (Å²) in [4.78, 5) is 12.4. The molecule has 0 saturated heterocycles. The second-order valence-electron chi connectivity index (χ2n) is 5.53. The van der Waals surface area contributed by atoms with Gasteiger partial charge in [-0.25, -0.2) is 9.48 Å². The van der Waals surface area contributed by atoms with Crippen LogP contribution >= 0.6 is 0 Å². The standard InChI is InChI=1S/C17H14N4O3/c1-11-14-4-2-3-5-15(14)24-16(11)17(22)23-13-8-6-12(7-9-13)21-10-18-19-20-21/h2-11,16H,1H3. The summed E-state index contributed by atoms with van der Waals surface area (Å²) in [5.41, 5.74) is 1.80. The molecule has 1 aliphatic rings. The first-order valence-corrected chi connectivity index (χ1v) is 7.53. The highest BCUT2D eigenvalue weighted by atomic mass is 16.6. The Bertz CT molecular complexity index is 862. The molecule has 0 radical (unpaired) electrons. The summed E-state index contributed by atoms with van der Waals surface area (Å²) >= 11 is 0. The van der Waals surface area contributed by atoms with Crippen molar-refractivity contribution in [2.45, 2.75) is 18.9 Å². The minimum absolute atomic E-state index is 0.0470. The Hall–Kier alpha value is -3.22. The molecule has 2 aromatic carbocycles. The number of hydrogen-bond donors (Lipinski definition) is 0. The van der Waals surface area contributed by atoms with E-state index in [1.807, 2.05) is 31.2 Å². The van der Waals surface area contributed by atoms with Gasteiger partial charge in [-0.05, 0) is 40.8 Å². The minimum atomic E-state index is -0.637. The summed E-state index contributed by atoms with van der Waals surface area (Å²) in [5.74, 6) is 0.729. The average molecular weight is 322 g/mol. The summed E-state index contributed by atoms with van der Waals surface area (Å²) < 4.78 is 12.7. The van der Waals surface area contributed by atoms with Crippen LogP contribution in [0.5, 0.6) is 11.5 Å². The molecule has 1 aliphatic heterocycles. The van der Waals surface area contributed by atoms with Crippen LogP contribution in [-0.2, 0) is 4.79 Å². The van der Waals surface area contributed by atoms with E-state index in [0.29, 0.717) is 5.75 Å². The number of fused-ring (bicyclic) bond motifs is 1. The molecule has 0 spiro atoms. The Morgan fingerprint density at radius 2 is 1.96 bits per heavy atom. The Morgan fingerprint density at radius 1 is 1.17 bits per heavy atom. The van der Waals surface area contributed by atoms with Crippen molar-refractivity contribution in [2.75, 3.05) is 0 Å². The number of aromatic nitrogens is 4. The number of esters is 1. The third-order valence-electron chi connectivity index (χ3n) is 4.02. The fraction of sp³-hybridized carbons (Fsp3) is 0.176. The third-order valence-corrected chi connectivity index (χ3v) is 4.02. The number of para-hydroxylation sites is 1.